The Labute approximate surface area is 196 Å². The Morgan fingerprint density at radius 3 is 2.39 bits per heavy atom. The van der Waals surface area contributed by atoms with Gasteiger partial charge in [-0.1, -0.05) is 48.0 Å². The van der Waals surface area contributed by atoms with Crippen molar-refractivity contribution in [3.63, 3.8) is 0 Å². The molecule has 7 heteroatoms. The minimum Gasteiger partial charge on any atom is -0.372 e. The number of benzene rings is 3. The van der Waals surface area contributed by atoms with E-state index >= 15 is 0 Å². The van der Waals surface area contributed by atoms with Crippen molar-refractivity contribution >= 4 is 34.4 Å². The largest absolute Gasteiger partial charge is 0.372 e. The average Bonchev–Trinajstić information content (AvgIpc) is 2.96. The predicted molar refractivity (Wildman–Crippen MR) is 130 cm³/mol. The number of carbonyl (C=O) groups is 1. The van der Waals surface area contributed by atoms with Gasteiger partial charge < -0.3 is 10.6 Å². The van der Waals surface area contributed by atoms with Gasteiger partial charge in [-0.15, -0.1) is 0 Å². The van der Waals surface area contributed by atoms with E-state index in [0.717, 1.165) is 22.6 Å². The number of anilines is 2. The second-order valence-corrected chi connectivity index (χ2v) is 8.96. The van der Waals surface area contributed by atoms with E-state index in [1.54, 1.807) is 19.1 Å². The third kappa shape index (κ3) is 3.98. The van der Waals surface area contributed by atoms with Crippen molar-refractivity contribution < 1.29 is 9.72 Å². The minimum atomic E-state index is -0.492. The topological polar surface area (TPSA) is 84.3 Å². The molecule has 0 fully saturated rings. The Morgan fingerprint density at radius 2 is 1.67 bits per heavy atom. The molecule has 2 aliphatic rings. The number of aryl methyl sites for hydroxylation is 1. The molecule has 1 aliphatic heterocycles. The number of hydrogen-bond acceptors (Lipinski definition) is 5. The number of nitro benzene ring substituents is 1. The Hall–Kier alpha value is -3.64. The summed E-state index contributed by atoms with van der Waals surface area (Å²) in [6, 6.07) is 20.1. The molecule has 0 saturated heterocycles. The van der Waals surface area contributed by atoms with E-state index in [1.807, 2.05) is 54.6 Å². The highest BCUT2D eigenvalue weighted by molar-refractivity contribution is 6.30. The summed E-state index contributed by atoms with van der Waals surface area (Å²) in [4.78, 5) is 24.8. The number of Topliss-reactive ketones (excluding diaryl/α,β-unsaturated/α-hetero) is 1. The van der Waals surface area contributed by atoms with Crippen molar-refractivity contribution in [3.8, 4) is 0 Å². The second kappa shape index (κ2) is 8.37. The Morgan fingerprint density at radius 1 is 0.970 bits per heavy atom. The SMILES string of the molecule is Cc1ccc([C@H]2Nc3ccccc3NC3=C2C(=O)C[C@H](c2ccc(Cl)cc2)C3)cc1[N+](=O)[O-]. The van der Waals surface area contributed by atoms with Crippen LogP contribution >= 0.6 is 11.6 Å². The van der Waals surface area contributed by atoms with Crippen LogP contribution in [0.2, 0.25) is 5.02 Å². The van der Waals surface area contributed by atoms with Gasteiger partial charge in [0.2, 0.25) is 0 Å². The number of ketones is 1. The molecular weight excluding hydrogens is 438 g/mol. The number of carbonyl (C=O) groups excluding carboxylic acids is 1. The average molecular weight is 460 g/mol. The van der Waals surface area contributed by atoms with E-state index in [2.05, 4.69) is 10.6 Å². The Balaban J connectivity index is 1.62. The van der Waals surface area contributed by atoms with E-state index in [1.165, 1.54) is 0 Å². The van der Waals surface area contributed by atoms with Crippen LogP contribution in [-0.2, 0) is 4.79 Å². The standard InChI is InChI=1S/C26H22ClN3O3/c1-15-6-7-17(13-23(15)30(32)33)26-25-22(28-20-4-2-3-5-21(20)29-26)12-18(14-24(25)31)16-8-10-19(27)11-9-16/h2-11,13,18,26,28-29H,12,14H2,1H3/t18-,26-/m1/s1. The summed E-state index contributed by atoms with van der Waals surface area (Å²) >= 11 is 6.06. The molecule has 166 valence electrons. The summed E-state index contributed by atoms with van der Waals surface area (Å²) in [5, 5.41) is 19.2. The van der Waals surface area contributed by atoms with Crippen LogP contribution in [0.3, 0.4) is 0 Å². The molecular formula is C26H22ClN3O3. The molecule has 2 atom stereocenters. The molecule has 0 spiro atoms. The fraction of sp³-hybridized carbons (Fsp3) is 0.192. The lowest BCUT2D eigenvalue weighted by Gasteiger charge is -2.30. The van der Waals surface area contributed by atoms with Crippen LogP contribution in [0.15, 0.2) is 78.0 Å². The second-order valence-electron chi connectivity index (χ2n) is 8.52. The summed E-state index contributed by atoms with van der Waals surface area (Å²) in [7, 11) is 0. The first kappa shape index (κ1) is 21.2. The highest BCUT2D eigenvalue weighted by Gasteiger charge is 2.36. The number of halogens is 1. The first-order valence-electron chi connectivity index (χ1n) is 10.8. The van der Waals surface area contributed by atoms with Crippen LogP contribution in [0.4, 0.5) is 17.1 Å². The summed E-state index contributed by atoms with van der Waals surface area (Å²) in [6.45, 7) is 1.71. The lowest BCUT2D eigenvalue weighted by molar-refractivity contribution is -0.385. The maximum atomic E-state index is 13.6. The van der Waals surface area contributed by atoms with E-state index < -0.39 is 6.04 Å². The number of allylic oxidation sites excluding steroid dienone is 1. The van der Waals surface area contributed by atoms with Crippen LogP contribution in [0.1, 0.15) is 41.5 Å². The summed E-state index contributed by atoms with van der Waals surface area (Å²) < 4.78 is 0. The molecule has 0 bridgehead atoms. The molecule has 3 aromatic carbocycles. The highest BCUT2D eigenvalue weighted by Crippen LogP contribution is 2.44. The lowest BCUT2D eigenvalue weighted by atomic mass is 9.78. The van der Waals surface area contributed by atoms with Gasteiger partial charge >= 0.3 is 0 Å². The zero-order valence-electron chi connectivity index (χ0n) is 18.0. The predicted octanol–water partition coefficient (Wildman–Crippen LogP) is 6.54. The van der Waals surface area contributed by atoms with E-state index in [-0.39, 0.29) is 22.3 Å². The summed E-state index contributed by atoms with van der Waals surface area (Å²) in [5.41, 5.74) is 5.58. The fourth-order valence-corrected chi connectivity index (χ4v) is 4.84. The van der Waals surface area contributed by atoms with Crippen molar-refractivity contribution in [2.24, 2.45) is 0 Å². The number of nitrogens with one attached hydrogen (secondary N) is 2. The van der Waals surface area contributed by atoms with Crippen LogP contribution in [0.5, 0.6) is 0 Å². The number of rotatable bonds is 3. The van der Waals surface area contributed by atoms with E-state index in [0.29, 0.717) is 34.6 Å². The van der Waals surface area contributed by atoms with Gasteiger partial charge in [0, 0.05) is 34.3 Å². The molecule has 3 aromatic rings. The molecule has 0 amide bonds. The molecule has 0 aromatic heterocycles. The normalized spacial score (nSPS) is 19.6. The monoisotopic (exact) mass is 459 g/mol. The smallest absolute Gasteiger partial charge is 0.272 e. The van der Waals surface area contributed by atoms with Crippen molar-refractivity contribution in [1.29, 1.82) is 0 Å². The third-order valence-electron chi connectivity index (χ3n) is 6.41. The number of fused-ring (bicyclic) bond motifs is 1. The number of para-hydroxylation sites is 2. The minimum absolute atomic E-state index is 0.0252. The van der Waals surface area contributed by atoms with Crippen LogP contribution < -0.4 is 10.6 Å². The Kier molecular flexibility index (Phi) is 5.38. The molecule has 6 nitrogen and oxygen atoms in total. The highest BCUT2D eigenvalue weighted by atomic mass is 35.5. The molecule has 0 radical (unpaired) electrons. The van der Waals surface area contributed by atoms with E-state index in [9.17, 15) is 14.9 Å². The maximum absolute atomic E-state index is 13.6. The fourth-order valence-electron chi connectivity index (χ4n) is 4.72. The third-order valence-corrected chi connectivity index (χ3v) is 6.67. The van der Waals surface area contributed by atoms with Gasteiger partial charge in [-0.3, -0.25) is 14.9 Å². The van der Waals surface area contributed by atoms with Gasteiger partial charge in [0.1, 0.15) is 0 Å². The zero-order valence-corrected chi connectivity index (χ0v) is 18.7. The van der Waals surface area contributed by atoms with Crippen LogP contribution in [0, 0.1) is 17.0 Å². The first-order valence-corrected chi connectivity index (χ1v) is 11.2. The van der Waals surface area contributed by atoms with Crippen molar-refractivity contribution in [3.05, 3.63) is 110 Å². The molecule has 0 unspecified atom stereocenters. The Bertz CT molecular complexity index is 1300. The first-order chi connectivity index (χ1) is 15.9. The molecule has 33 heavy (non-hydrogen) atoms. The van der Waals surface area contributed by atoms with Gasteiger partial charge in [-0.25, -0.2) is 0 Å². The number of nitrogens with zero attached hydrogens (tertiary/aromatic N) is 1. The lowest BCUT2D eigenvalue weighted by Crippen LogP contribution is -2.27. The molecule has 1 aliphatic carbocycles. The molecule has 5 rings (SSSR count). The number of nitro groups is 1. The maximum Gasteiger partial charge on any atom is 0.272 e. The van der Waals surface area contributed by atoms with E-state index in [4.69, 9.17) is 11.6 Å². The van der Waals surface area contributed by atoms with Crippen molar-refractivity contribution in [2.45, 2.75) is 31.7 Å². The quantitative estimate of drug-likeness (QED) is 0.343. The van der Waals surface area contributed by atoms with Gasteiger partial charge in [0.15, 0.2) is 5.78 Å². The molecule has 1 heterocycles. The zero-order chi connectivity index (χ0) is 23.1. The molecule has 2 N–H and O–H groups in total. The van der Waals surface area contributed by atoms with Crippen molar-refractivity contribution in [1.82, 2.24) is 0 Å². The van der Waals surface area contributed by atoms with Gasteiger partial charge in [0.25, 0.3) is 5.69 Å². The van der Waals surface area contributed by atoms with Gasteiger partial charge in [0.05, 0.1) is 22.3 Å². The van der Waals surface area contributed by atoms with Crippen LogP contribution in [0.25, 0.3) is 0 Å². The molecule has 0 saturated carbocycles. The van der Waals surface area contributed by atoms with Crippen LogP contribution in [-0.4, -0.2) is 10.7 Å². The number of hydrogen-bond donors (Lipinski definition) is 2. The summed E-state index contributed by atoms with van der Waals surface area (Å²) in [5.74, 6) is 0.0523. The van der Waals surface area contributed by atoms with Gasteiger partial charge in [-0.05, 0) is 54.7 Å². The van der Waals surface area contributed by atoms with Crippen molar-refractivity contribution in [2.75, 3.05) is 10.6 Å². The summed E-state index contributed by atoms with van der Waals surface area (Å²) in [6.07, 6.45) is 1.02. The van der Waals surface area contributed by atoms with Gasteiger partial charge in [-0.2, -0.15) is 0 Å².